The Hall–Kier alpha value is -1.15. The van der Waals surface area contributed by atoms with E-state index in [0.717, 1.165) is 7.11 Å². The fourth-order valence-corrected chi connectivity index (χ4v) is 1.66. The molecule has 0 saturated heterocycles. The molecule has 116 valence electrons. The molecule has 0 unspecified atom stereocenters. The summed E-state index contributed by atoms with van der Waals surface area (Å²) in [5.41, 5.74) is 2.02. The summed E-state index contributed by atoms with van der Waals surface area (Å²) in [5, 5.41) is 0. The lowest BCUT2D eigenvalue weighted by Gasteiger charge is -2.21. The highest BCUT2D eigenvalue weighted by atomic mass is 35.5. The normalized spacial score (nSPS) is 13.7. The van der Waals surface area contributed by atoms with E-state index in [9.17, 15) is 26.3 Å². The van der Waals surface area contributed by atoms with E-state index >= 15 is 0 Å². The Morgan fingerprint density at radius 2 is 1.55 bits per heavy atom. The molecule has 9 heteroatoms. The second kappa shape index (κ2) is 6.09. The van der Waals surface area contributed by atoms with Crippen molar-refractivity contribution in [3.63, 3.8) is 0 Å². The van der Waals surface area contributed by atoms with Crippen LogP contribution in [-0.2, 0) is 12.4 Å². The van der Waals surface area contributed by atoms with Gasteiger partial charge in [0.2, 0.25) is 0 Å². The van der Waals surface area contributed by atoms with Crippen molar-refractivity contribution in [2.45, 2.75) is 25.3 Å². The summed E-state index contributed by atoms with van der Waals surface area (Å²) in [6.45, 7) is 1.24. The van der Waals surface area contributed by atoms with Gasteiger partial charge < -0.3 is 10.5 Å². The van der Waals surface area contributed by atoms with E-state index in [-0.39, 0.29) is 18.5 Å². The molecule has 0 amide bonds. The second-order valence-corrected chi connectivity index (χ2v) is 3.92. The Morgan fingerprint density at radius 1 is 1.05 bits per heavy atom. The van der Waals surface area contributed by atoms with E-state index in [4.69, 9.17) is 5.73 Å². The van der Waals surface area contributed by atoms with Crippen molar-refractivity contribution in [1.29, 1.82) is 0 Å². The fourth-order valence-electron chi connectivity index (χ4n) is 1.66. The van der Waals surface area contributed by atoms with E-state index in [0.29, 0.717) is 6.07 Å². The Kier molecular flexibility index (Phi) is 5.74. The molecule has 0 saturated carbocycles. The molecule has 1 aromatic carbocycles. The van der Waals surface area contributed by atoms with E-state index in [1.807, 2.05) is 0 Å². The van der Waals surface area contributed by atoms with Crippen molar-refractivity contribution in [3.8, 4) is 5.75 Å². The van der Waals surface area contributed by atoms with Crippen molar-refractivity contribution in [3.05, 3.63) is 28.8 Å². The average Bonchev–Trinajstić information content (AvgIpc) is 2.24. The summed E-state index contributed by atoms with van der Waals surface area (Å²) in [7, 11) is 0.988. The zero-order chi connectivity index (χ0) is 15.0. The zero-order valence-electron chi connectivity index (χ0n) is 10.4. The molecule has 1 rings (SSSR count). The van der Waals surface area contributed by atoms with Crippen molar-refractivity contribution < 1.29 is 31.1 Å². The standard InChI is InChI=1S/C11H11F6NO.ClH/c1-5(18)9-7(11(15,16)17)3-6(10(12,13)14)4-8(9)19-2;/h3-5H,18H2,1-2H3;1H/t5-;/m0./s1. The van der Waals surface area contributed by atoms with Gasteiger partial charge in [0.05, 0.1) is 18.2 Å². The first kappa shape index (κ1) is 18.9. The number of benzene rings is 1. The molecule has 2 nitrogen and oxygen atoms in total. The maximum absolute atomic E-state index is 12.8. The van der Waals surface area contributed by atoms with Gasteiger partial charge in [0, 0.05) is 11.6 Å². The molecule has 0 aliphatic carbocycles. The van der Waals surface area contributed by atoms with Crippen LogP contribution in [-0.4, -0.2) is 7.11 Å². The van der Waals surface area contributed by atoms with Crippen LogP contribution in [0, 0.1) is 0 Å². The number of rotatable bonds is 2. The Balaban J connectivity index is 0.00000361. The molecule has 0 bridgehead atoms. The Morgan fingerprint density at radius 3 is 1.85 bits per heavy atom. The summed E-state index contributed by atoms with van der Waals surface area (Å²) in [6.07, 6.45) is -9.85. The summed E-state index contributed by atoms with van der Waals surface area (Å²) >= 11 is 0. The van der Waals surface area contributed by atoms with Crippen molar-refractivity contribution in [2.75, 3.05) is 7.11 Å². The van der Waals surface area contributed by atoms with Gasteiger partial charge in [0.1, 0.15) is 5.75 Å². The quantitative estimate of drug-likeness (QED) is 0.829. The molecule has 0 aliphatic rings. The van der Waals surface area contributed by atoms with Gasteiger partial charge in [-0.25, -0.2) is 0 Å². The van der Waals surface area contributed by atoms with Crippen LogP contribution in [0.2, 0.25) is 0 Å². The molecule has 20 heavy (non-hydrogen) atoms. The number of methoxy groups -OCH3 is 1. The number of ether oxygens (including phenoxy) is 1. The number of hydrogen-bond acceptors (Lipinski definition) is 2. The molecule has 1 atom stereocenters. The summed E-state index contributed by atoms with van der Waals surface area (Å²) in [6, 6.07) is -0.566. The van der Waals surface area contributed by atoms with Crippen LogP contribution in [0.4, 0.5) is 26.3 Å². The van der Waals surface area contributed by atoms with Gasteiger partial charge >= 0.3 is 12.4 Å². The molecule has 2 N–H and O–H groups in total. The van der Waals surface area contributed by atoms with E-state index in [1.165, 1.54) is 6.92 Å². The number of alkyl halides is 6. The van der Waals surface area contributed by atoms with Gasteiger partial charge in [0.15, 0.2) is 0 Å². The number of halogens is 7. The molecular formula is C11H12ClF6NO. The first-order valence-corrected chi connectivity index (χ1v) is 5.10. The van der Waals surface area contributed by atoms with Crippen molar-refractivity contribution >= 4 is 12.4 Å². The first-order chi connectivity index (χ1) is 8.48. The predicted octanol–water partition coefficient (Wildman–Crippen LogP) is 4.17. The summed E-state index contributed by atoms with van der Waals surface area (Å²) in [5.74, 6) is -0.530. The maximum atomic E-state index is 12.8. The highest BCUT2D eigenvalue weighted by molar-refractivity contribution is 5.85. The van der Waals surface area contributed by atoms with E-state index in [1.54, 1.807) is 0 Å². The molecule has 0 heterocycles. The van der Waals surface area contributed by atoms with E-state index in [2.05, 4.69) is 4.74 Å². The lowest BCUT2D eigenvalue weighted by atomic mass is 9.97. The predicted molar refractivity (Wildman–Crippen MR) is 62.8 cm³/mol. The molecule has 0 spiro atoms. The van der Waals surface area contributed by atoms with Gasteiger partial charge in [-0.05, 0) is 19.1 Å². The topological polar surface area (TPSA) is 35.2 Å². The molecule has 0 aromatic heterocycles. The third-order valence-electron chi connectivity index (χ3n) is 2.45. The minimum absolute atomic E-state index is 0. The smallest absolute Gasteiger partial charge is 0.416 e. The second-order valence-electron chi connectivity index (χ2n) is 3.92. The van der Waals surface area contributed by atoms with Crippen LogP contribution in [0.1, 0.15) is 29.7 Å². The van der Waals surface area contributed by atoms with Crippen LogP contribution in [0.3, 0.4) is 0 Å². The number of nitrogens with two attached hydrogens (primary N) is 1. The first-order valence-electron chi connectivity index (χ1n) is 5.10. The van der Waals surface area contributed by atoms with Gasteiger partial charge in [0.25, 0.3) is 0 Å². The molecular weight excluding hydrogens is 312 g/mol. The zero-order valence-corrected chi connectivity index (χ0v) is 11.2. The van der Waals surface area contributed by atoms with Crippen LogP contribution < -0.4 is 10.5 Å². The SMILES string of the molecule is COc1cc(C(F)(F)F)cc(C(F)(F)F)c1[C@H](C)N.Cl. The van der Waals surface area contributed by atoms with Gasteiger partial charge in [-0.3, -0.25) is 0 Å². The number of hydrogen-bond donors (Lipinski definition) is 1. The van der Waals surface area contributed by atoms with Crippen LogP contribution >= 0.6 is 12.4 Å². The summed E-state index contributed by atoms with van der Waals surface area (Å²) < 4.78 is 80.7. The third-order valence-corrected chi connectivity index (χ3v) is 2.45. The van der Waals surface area contributed by atoms with Crippen LogP contribution in [0.25, 0.3) is 0 Å². The molecule has 0 fully saturated rings. The van der Waals surface area contributed by atoms with Crippen molar-refractivity contribution in [1.82, 2.24) is 0 Å². The largest absolute Gasteiger partial charge is 0.496 e. The Labute approximate surface area is 117 Å². The summed E-state index contributed by atoms with van der Waals surface area (Å²) in [4.78, 5) is 0. The average molecular weight is 324 g/mol. The van der Waals surface area contributed by atoms with Gasteiger partial charge in [-0.15, -0.1) is 12.4 Å². The van der Waals surface area contributed by atoms with Crippen molar-refractivity contribution in [2.24, 2.45) is 5.73 Å². The molecule has 0 radical (unpaired) electrons. The van der Waals surface area contributed by atoms with Crippen LogP contribution in [0.5, 0.6) is 5.75 Å². The molecule has 0 aliphatic heterocycles. The van der Waals surface area contributed by atoms with Gasteiger partial charge in [-0.1, -0.05) is 0 Å². The van der Waals surface area contributed by atoms with E-state index < -0.39 is 40.8 Å². The highest BCUT2D eigenvalue weighted by Gasteiger charge is 2.40. The minimum Gasteiger partial charge on any atom is -0.496 e. The fraction of sp³-hybridized carbons (Fsp3) is 0.455. The molecule has 1 aromatic rings. The third kappa shape index (κ3) is 3.92. The minimum atomic E-state index is -4.95. The monoisotopic (exact) mass is 323 g/mol. The highest BCUT2D eigenvalue weighted by Crippen LogP contribution is 2.43. The Bertz CT molecular complexity index is 469. The lowest BCUT2D eigenvalue weighted by molar-refractivity contribution is -0.143. The maximum Gasteiger partial charge on any atom is 0.416 e. The van der Waals surface area contributed by atoms with Gasteiger partial charge in [-0.2, -0.15) is 26.3 Å². The lowest BCUT2D eigenvalue weighted by Crippen LogP contribution is -2.19. The van der Waals surface area contributed by atoms with Crippen LogP contribution in [0.15, 0.2) is 12.1 Å².